The molecule has 1 aromatic carbocycles. The molecule has 0 bridgehead atoms. The number of amides is 1. The number of anilines is 1. The summed E-state index contributed by atoms with van der Waals surface area (Å²) in [6, 6.07) is 11.5. The first-order chi connectivity index (χ1) is 9.24. The Morgan fingerprint density at radius 2 is 2.05 bits per heavy atom. The van der Waals surface area contributed by atoms with E-state index >= 15 is 0 Å². The molecule has 0 unspecified atom stereocenters. The van der Waals surface area contributed by atoms with Crippen LogP contribution >= 0.6 is 22.7 Å². The van der Waals surface area contributed by atoms with Crippen molar-refractivity contribution in [3.8, 4) is 0 Å². The molecule has 3 N–H and O–H groups in total. The van der Waals surface area contributed by atoms with Gasteiger partial charge < -0.3 is 11.1 Å². The van der Waals surface area contributed by atoms with Gasteiger partial charge in [-0.05, 0) is 29.1 Å². The summed E-state index contributed by atoms with van der Waals surface area (Å²) in [5.74, 6) is -0.0448. The molecule has 0 radical (unpaired) electrons. The van der Waals surface area contributed by atoms with Gasteiger partial charge in [-0.2, -0.15) is 0 Å². The van der Waals surface area contributed by atoms with Gasteiger partial charge >= 0.3 is 0 Å². The molecule has 19 heavy (non-hydrogen) atoms. The Morgan fingerprint density at radius 1 is 1.21 bits per heavy atom. The second kappa shape index (κ2) is 5.03. The predicted molar refractivity (Wildman–Crippen MR) is 81.7 cm³/mol. The lowest BCUT2D eigenvalue weighted by Crippen LogP contribution is -2.22. The zero-order valence-electron chi connectivity index (χ0n) is 10.1. The molecule has 96 valence electrons. The number of para-hydroxylation sites is 1. The molecule has 2 aromatic heterocycles. The van der Waals surface area contributed by atoms with Crippen molar-refractivity contribution < 1.29 is 4.79 Å². The van der Waals surface area contributed by atoms with Crippen LogP contribution in [0.25, 0.3) is 9.40 Å². The Bertz CT molecular complexity index is 701. The molecule has 3 nitrogen and oxygen atoms in total. The Hall–Kier alpha value is -1.85. The number of benzene rings is 1. The third kappa shape index (κ3) is 2.47. The van der Waals surface area contributed by atoms with E-state index in [1.807, 2.05) is 41.8 Å². The van der Waals surface area contributed by atoms with Gasteiger partial charge in [0.2, 0.25) is 0 Å². The molecule has 1 amide bonds. The van der Waals surface area contributed by atoms with E-state index in [0.29, 0.717) is 12.2 Å². The number of nitrogen functional groups attached to an aromatic ring is 1. The van der Waals surface area contributed by atoms with Crippen LogP contribution in [0.4, 0.5) is 5.69 Å². The number of nitrogens with one attached hydrogen (secondary N) is 1. The largest absolute Gasteiger partial charge is 0.398 e. The van der Waals surface area contributed by atoms with E-state index in [0.717, 1.165) is 19.8 Å². The lowest BCUT2D eigenvalue weighted by molar-refractivity contribution is 0.0955. The molecule has 0 saturated carbocycles. The normalized spacial score (nSPS) is 10.7. The van der Waals surface area contributed by atoms with Gasteiger partial charge in [-0.3, -0.25) is 4.79 Å². The fourth-order valence-electron chi connectivity index (χ4n) is 1.84. The summed E-state index contributed by atoms with van der Waals surface area (Å²) in [6.07, 6.45) is 0. The minimum Gasteiger partial charge on any atom is -0.398 e. The smallest absolute Gasteiger partial charge is 0.261 e. The topological polar surface area (TPSA) is 55.1 Å². The van der Waals surface area contributed by atoms with Crippen LogP contribution in [0.1, 0.15) is 15.2 Å². The monoisotopic (exact) mass is 288 g/mol. The highest BCUT2D eigenvalue weighted by Gasteiger charge is 2.11. The summed E-state index contributed by atoms with van der Waals surface area (Å²) in [5, 5.41) is 4.94. The first-order valence-electron chi connectivity index (χ1n) is 5.82. The van der Waals surface area contributed by atoms with E-state index in [9.17, 15) is 4.79 Å². The highest BCUT2D eigenvalue weighted by atomic mass is 32.1. The lowest BCUT2D eigenvalue weighted by Gasteiger charge is -2.06. The number of carbonyl (C=O) groups is 1. The van der Waals surface area contributed by atoms with E-state index in [4.69, 9.17) is 5.73 Å². The number of nitrogens with two attached hydrogens (primary N) is 1. The molecule has 0 aliphatic heterocycles. The summed E-state index contributed by atoms with van der Waals surface area (Å²) in [7, 11) is 0. The Kier molecular flexibility index (Phi) is 3.23. The molecule has 5 heteroatoms. The number of hydrogen-bond donors (Lipinski definition) is 2. The van der Waals surface area contributed by atoms with E-state index in [1.54, 1.807) is 11.3 Å². The molecular formula is C14H12N2OS2. The van der Waals surface area contributed by atoms with Crippen molar-refractivity contribution in [3.05, 3.63) is 52.2 Å². The van der Waals surface area contributed by atoms with Crippen LogP contribution in [-0.2, 0) is 6.54 Å². The van der Waals surface area contributed by atoms with Gasteiger partial charge in [-0.25, -0.2) is 0 Å². The average molecular weight is 288 g/mol. The highest BCUT2D eigenvalue weighted by molar-refractivity contribution is 7.27. The van der Waals surface area contributed by atoms with Crippen molar-refractivity contribution in [2.75, 3.05) is 5.73 Å². The third-order valence-corrected chi connectivity index (χ3v) is 4.95. The molecule has 0 spiro atoms. The zero-order chi connectivity index (χ0) is 13.2. The van der Waals surface area contributed by atoms with Crippen molar-refractivity contribution in [3.63, 3.8) is 0 Å². The maximum Gasteiger partial charge on any atom is 0.261 e. The van der Waals surface area contributed by atoms with E-state index in [1.165, 1.54) is 11.3 Å². The van der Waals surface area contributed by atoms with Crippen LogP contribution in [0.2, 0.25) is 0 Å². The van der Waals surface area contributed by atoms with E-state index in [-0.39, 0.29) is 5.91 Å². The number of rotatable bonds is 3. The lowest BCUT2D eigenvalue weighted by atomic mass is 10.2. The molecule has 2 heterocycles. The van der Waals surface area contributed by atoms with Gasteiger partial charge in [-0.1, -0.05) is 18.2 Å². The number of hydrogen-bond acceptors (Lipinski definition) is 4. The highest BCUT2D eigenvalue weighted by Crippen LogP contribution is 2.29. The first kappa shape index (κ1) is 12.2. The SMILES string of the molecule is Nc1ccccc1CNC(=O)c1cc2sccc2s1. The number of thiophene rings is 2. The fraction of sp³-hybridized carbons (Fsp3) is 0.0714. The summed E-state index contributed by atoms with van der Waals surface area (Å²) in [5.41, 5.74) is 7.49. The van der Waals surface area contributed by atoms with Gasteiger partial charge in [-0.15, -0.1) is 22.7 Å². The van der Waals surface area contributed by atoms with Crippen LogP contribution in [-0.4, -0.2) is 5.91 Å². The summed E-state index contributed by atoms with van der Waals surface area (Å²) < 4.78 is 2.32. The molecule has 3 aromatic rings. The van der Waals surface area contributed by atoms with Crippen LogP contribution < -0.4 is 11.1 Å². The van der Waals surface area contributed by atoms with Gasteiger partial charge in [0.15, 0.2) is 0 Å². The van der Waals surface area contributed by atoms with Crippen LogP contribution in [0.5, 0.6) is 0 Å². The maximum atomic E-state index is 12.1. The zero-order valence-corrected chi connectivity index (χ0v) is 11.7. The Balaban J connectivity index is 1.72. The van der Waals surface area contributed by atoms with Gasteiger partial charge in [0.1, 0.15) is 0 Å². The van der Waals surface area contributed by atoms with Gasteiger partial charge in [0, 0.05) is 21.6 Å². The minimum absolute atomic E-state index is 0.0448. The van der Waals surface area contributed by atoms with Crippen molar-refractivity contribution in [2.24, 2.45) is 0 Å². The second-order valence-electron chi connectivity index (χ2n) is 4.14. The molecule has 0 aliphatic carbocycles. The Labute approximate surface area is 118 Å². The molecule has 0 atom stereocenters. The fourth-order valence-corrected chi connectivity index (χ4v) is 3.86. The molecule has 0 fully saturated rings. The standard InChI is InChI=1S/C14H12N2OS2/c15-10-4-2-1-3-9(10)8-16-14(17)13-7-12-11(19-13)5-6-18-12/h1-7H,8,15H2,(H,16,17). The first-order valence-corrected chi connectivity index (χ1v) is 7.52. The maximum absolute atomic E-state index is 12.1. The van der Waals surface area contributed by atoms with E-state index < -0.39 is 0 Å². The van der Waals surface area contributed by atoms with Crippen LogP contribution in [0, 0.1) is 0 Å². The Morgan fingerprint density at radius 3 is 2.84 bits per heavy atom. The van der Waals surface area contributed by atoms with Crippen molar-refractivity contribution in [2.45, 2.75) is 6.54 Å². The summed E-state index contributed by atoms with van der Waals surface area (Å²) in [6.45, 7) is 0.455. The third-order valence-electron chi connectivity index (χ3n) is 2.86. The van der Waals surface area contributed by atoms with E-state index in [2.05, 4.69) is 5.32 Å². The molecule has 0 aliphatic rings. The van der Waals surface area contributed by atoms with Gasteiger partial charge in [0.05, 0.1) is 4.88 Å². The number of fused-ring (bicyclic) bond motifs is 1. The predicted octanol–water partition coefficient (Wildman–Crippen LogP) is 3.48. The molecule has 3 rings (SSSR count). The minimum atomic E-state index is -0.0448. The van der Waals surface area contributed by atoms with Crippen molar-refractivity contribution in [1.82, 2.24) is 5.32 Å². The number of carbonyl (C=O) groups excluding carboxylic acids is 1. The van der Waals surface area contributed by atoms with Gasteiger partial charge in [0.25, 0.3) is 5.91 Å². The van der Waals surface area contributed by atoms with Crippen molar-refractivity contribution in [1.29, 1.82) is 0 Å². The van der Waals surface area contributed by atoms with Crippen LogP contribution in [0.3, 0.4) is 0 Å². The summed E-state index contributed by atoms with van der Waals surface area (Å²) in [4.78, 5) is 12.8. The van der Waals surface area contributed by atoms with Crippen LogP contribution in [0.15, 0.2) is 41.8 Å². The van der Waals surface area contributed by atoms with Crippen molar-refractivity contribution >= 4 is 43.7 Å². The average Bonchev–Trinajstić information content (AvgIpc) is 2.98. The quantitative estimate of drug-likeness (QED) is 0.725. The molecule has 0 saturated heterocycles. The second-order valence-corrected chi connectivity index (χ2v) is 6.17. The molecular weight excluding hydrogens is 276 g/mol. The summed E-state index contributed by atoms with van der Waals surface area (Å²) >= 11 is 3.17.